The third kappa shape index (κ3) is 4.37. The summed E-state index contributed by atoms with van der Waals surface area (Å²) in [7, 11) is 3.73. The van der Waals surface area contributed by atoms with Crippen LogP contribution >= 0.6 is 15.9 Å². The van der Waals surface area contributed by atoms with E-state index in [9.17, 15) is 0 Å². The first-order valence-corrected chi connectivity index (χ1v) is 7.41. The van der Waals surface area contributed by atoms with Gasteiger partial charge < -0.3 is 10.1 Å². The number of hydrogen-bond acceptors (Lipinski definition) is 3. The molecule has 0 aliphatic heterocycles. The van der Waals surface area contributed by atoms with Crippen molar-refractivity contribution in [1.29, 1.82) is 0 Å². The van der Waals surface area contributed by atoms with Crippen LogP contribution in [0.3, 0.4) is 0 Å². The number of rotatable bonds is 9. The largest absolute Gasteiger partial charge is 0.383 e. The third-order valence-electron chi connectivity index (χ3n) is 3.12. The van der Waals surface area contributed by atoms with Gasteiger partial charge in [-0.25, -0.2) is 0 Å². The molecule has 0 aromatic carbocycles. The molecule has 18 heavy (non-hydrogen) atoms. The quantitative estimate of drug-likeness (QED) is 0.711. The second kappa shape index (κ2) is 8.67. The molecule has 1 aromatic heterocycles. The summed E-state index contributed by atoms with van der Waals surface area (Å²) in [5, 5.41) is 7.79. The van der Waals surface area contributed by atoms with Crippen molar-refractivity contribution in [3.63, 3.8) is 0 Å². The van der Waals surface area contributed by atoms with Gasteiger partial charge >= 0.3 is 0 Å². The van der Waals surface area contributed by atoms with Crippen LogP contribution in [0.15, 0.2) is 10.7 Å². The van der Waals surface area contributed by atoms with Crippen molar-refractivity contribution in [3.8, 4) is 0 Å². The predicted octanol–water partition coefficient (Wildman–Crippen LogP) is 3.13. The van der Waals surface area contributed by atoms with E-state index in [2.05, 4.69) is 33.3 Å². The smallest absolute Gasteiger partial charge is 0.0696 e. The molecule has 5 heteroatoms. The second-order valence-corrected chi connectivity index (χ2v) is 5.29. The number of ether oxygens (including phenoxy) is 1. The maximum Gasteiger partial charge on any atom is 0.0696 e. The molecule has 1 aromatic rings. The van der Waals surface area contributed by atoms with Gasteiger partial charge in [-0.1, -0.05) is 26.2 Å². The minimum Gasteiger partial charge on any atom is -0.383 e. The highest BCUT2D eigenvalue weighted by Gasteiger charge is 2.18. The Morgan fingerprint density at radius 1 is 1.50 bits per heavy atom. The lowest BCUT2D eigenvalue weighted by molar-refractivity contribution is 0.181. The van der Waals surface area contributed by atoms with E-state index < -0.39 is 0 Å². The maximum absolute atomic E-state index is 5.13. The van der Waals surface area contributed by atoms with E-state index in [0.29, 0.717) is 12.6 Å². The van der Waals surface area contributed by atoms with E-state index in [0.717, 1.165) is 17.4 Å². The molecule has 0 aliphatic rings. The second-order valence-electron chi connectivity index (χ2n) is 4.43. The normalized spacial score (nSPS) is 12.9. The van der Waals surface area contributed by atoms with Crippen LogP contribution in [-0.4, -0.2) is 30.5 Å². The lowest BCUT2D eigenvalue weighted by Crippen LogP contribution is -2.22. The summed E-state index contributed by atoms with van der Waals surface area (Å²) in [6, 6.07) is 0.352. The number of aromatic nitrogens is 2. The average molecular weight is 318 g/mol. The van der Waals surface area contributed by atoms with Crippen LogP contribution in [0.2, 0.25) is 0 Å². The number of methoxy groups -OCH3 is 1. The minimum atomic E-state index is 0.352. The van der Waals surface area contributed by atoms with Gasteiger partial charge in [-0.15, -0.1) is 0 Å². The summed E-state index contributed by atoms with van der Waals surface area (Å²) < 4.78 is 8.23. The molecular formula is C13H24BrN3O. The van der Waals surface area contributed by atoms with Crippen molar-refractivity contribution in [1.82, 2.24) is 15.1 Å². The van der Waals surface area contributed by atoms with Crippen LogP contribution in [0.4, 0.5) is 0 Å². The number of nitrogens with zero attached hydrogens (tertiary/aromatic N) is 2. The van der Waals surface area contributed by atoms with E-state index in [1.807, 2.05) is 17.9 Å². The molecule has 0 spiro atoms. The summed E-state index contributed by atoms with van der Waals surface area (Å²) in [4.78, 5) is 0. The number of halogens is 1. The Morgan fingerprint density at radius 3 is 2.89 bits per heavy atom. The number of unbranched alkanes of at least 4 members (excludes halogenated alkanes) is 2. The van der Waals surface area contributed by atoms with Crippen LogP contribution in [0.1, 0.15) is 44.3 Å². The molecule has 0 saturated heterocycles. The minimum absolute atomic E-state index is 0.352. The first-order chi connectivity index (χ1) is 8.74. The van der Waals surface area contributed by atoms with Crippen LogP contribution in [0, 0.1) is 0 Å². The lowest BCUT2D eigenvalue weighted by atomic mass is 10.1. The SMILES string of the molecule is CCCCCC(NC)c1c(Br)cnn1CCOC. The van der Waals surface area contributed by atoms with Crippen molar-refractivity contribution in [2.24, 2.45) is 0 Å². The topological polar surface area (TPSA) is 39.1 Å². The molecule has 0 fully saturated rings. The molecular weight excluding hydrogens is 294 g/mol. The summed E-state index contributed by atoms with van der Waals surface area (Å²) in [6.45, 7) is 3.71. The van der Waals surface area contributed by atoms with Gasteiger partial charge in [0.25, 0.3) is 0 Å². The van der Waals surface area contributed by atoms with Gasteiger partial charge in [-0.05, 0) is 29.4 Å². The number of hydrogen-bond donors (Lipinski definition) is 1. The first kappa shape index (κ1) is 15.7. The van der Waals surface area contributed by atoms with E-state index in [1.54, 1.807) is 7.11 Å². The molecule has 0 saturated carbocycles. The molecule has 0 aliphatic carbocycles. The molecule has 0 bridgehead atoms. The number of nitrogens with one attached hydrogen (secondary N) is 1. The summed E-state index contributed by atoms with van der Waals surface area (Å²) >= 11 is 3.60. The van der Waals surface area contributed by atoms with E-state index in [1.165, 1.54) is 25.0 Å². The summed E-state index contributed by atoms with van der Waals surface area (Å²) in [6.07, 6.45) is 6.78. The highest BCUT2D eigenvalue weighted by Crippen LogP contribution is 2.26. The Balaban J connectivity index is 2.73. The zero-order valence-electron chi connectivity index (χ0n) is 11.6. The first-order valence-electron chi connectivity index (χ1n) is 6.62. The highest BCUT2D eigenvalue weighted by molar-refractivity contribution is 9.10. The van der Waals surface area contributed by atoms with Gasteiger partial charge in [0, 0.05) is 7.11 Å². The van der Waals surface area contributed by atoms with Crippen molar-refractivity contribution in [2.45, 2.75) is 45.2 Å². The van der Waals surface area contributed by atoms with Gasteiger partial charge in [0.2, 0.25) is 0 Å². The van der Waals surface area contributed by atoms with Gasteiger partial charge in [-0.2, -0.15) is 5.10 Å². The Kier molecular flexibility index (Phi) is 7.54. The predicted molar refractivity (Wildman–Crippen MR) is 77.7 cm³/mol. The van der Waals surface area contributed by atoms with E-state index in [4.69, 9.17) is 4.74 Å². The third-order valence-corrected chi connectivity index (χ3v) is 3.73. The van der Waals surface area contributed by atoms with Gasteiger partial charge in [0.15, 0.2) is 0 Å². The maximum atomic E-state index is 5.13. The Bertz CT molecular complexity index is 341. The van der Waals surface area contributed by atoms with Crippen molar-refractivity contribution < 1.29 is 4.74 Å². The molecule has 0 radical (unpaired) electrons. The molecule has 4 nitrogen and oxygen atoms in total. The van der Waals surface area contributed by atoms with Crippen molar-refractivity contribution >= 4 is 15.9 Å². The van der Waals surface area contributed by atoms with Crippen LogP contribution in [0.25, 0.3) is 0 Å². The van der Waals surface area contributed by atoms with Crippen molar-refractivity contribution in [3.05, 3.63) is 16.4 Å². The average Bonchev–Trinajstić information content (AvgIpc) is 2.74. The summed E-state index contributed by atoms with van der Waals surface area (Å²) in [5.41, 5.74) is 1.23. The Morgan fingerprint density at radius 2 is 2.28 bits per heavy atom. The molecule has 104 valence electrons. The Hall–Kier alpha value is -0.390. The summed E-state index contributed by atoms with van der Waals surface area (Å²) in [5.74, 6) is 0. The molecule has 1 rings (SSSR count). The van der Waals surface area contributed by atoms with Gasteiger partial charge in [0.05, 0.1) is 35.6 Å². The van der Waals surface area contributed by atoms with Crippen molar-refractivity contribution in [2.75, 3.05) is 20.8 Å². The standard InChI is InChI=1S/C13H24BrN3O/c1-4-5-6-7-12(15-2)13-11(14)10-16-17(13)8-9-18-3/h10,12,15H,4-9H2,1-3H3. The van der Waals surface area contributed by atoms with Gasteiger partial charge in [0.1, 0.15) is 0 Å². The fourth-order valence-electron chi connectivity index (χ4n) is 2.09. The lowest BCUT2D eigenvalue weighted by Gasteiger charge is -2.18. The zero-order valence-corrected chi connectivity index (χ0v) is 13.2. The fraction of sp³-hybridized carbons (Fsp3) is 0.769. The molecule has 1 heterocycles. The van der Waals surface area contributed by atoms with Gasteiger partial charge in [-0.3, -0.25) is 4.68 Å². The Labute approximate surface area is 118 Å². The van der Waals surface area contributed by atoms with Crippen LogP contribution in [-0.2, 0) is 11.3 Å². The highest BCUT2D eigenvalue weighted by atomic mass is 79.9. The zero-order chi connectivity index (χ0) is 13.4. The van der Waals surface area contributed by atoms with Crippen LogP contribution < -0.4 is 5.32 Å². The molecule has 1 unspecified atom stereocenters. The van der Waals surface area contributed by atoms with E-state index in [-0.39, 0.29) is 0 Å². The monoisotopic (exact) mass is 317 g/mol. The van der Waals surface area contributed by atoms with E-state index >= 15 is 0 Å². The molecule has 1 N–H and O–H groups in total. The molecule has 0 amide bonds. The van der Waals surface area contributed by atoms with Crippen LogP contribution in [0.5, 0.6) is 0 Å². The fourth-order valence-corrected chi connectivity index (χ4v) is 2.66. The molecule has 1 atom stereocenters.